The molecule has 5 nitrogen and oxygen atoms in total. The Bertz CT molecular complexity index is 379. The second-order valence-corrected chi connectivity index (χ2v) is 4.47. The SMILES string of the molecule is CC(C)CN(CC(N)=O)c1cc(CN)ccn1. The van der Waals surface area contributed by atoms with Crippen molar-refractivity contribution in [3.8, 4) is 0 Å². The molecule has 0 bridgehead atoms. The van der Waals surface area contributed by atoms with E-state index in [9.17, 15) is 4.79 Å². The second-order valence-electron chi connectivity index (χ2n) is 4.47. The highest BCUT2D eigenvalue weighted by molar-refractivity contribution is 5.79. The summed E-state index contributed by atoms with van der Waals surface area (Å²) in [4.78, 5) is 17.2. The molecule has 0 aliphatic rings. The van der Waals surface area contributed by atoms with Crippen molar-refractivity contribution >= 4 is 11.7 Å². The molecule has 94 valence electrons. The Morgan fingerprint density at radius 3 is 2.76 bits per heavy atom. The molecular weight excluding hydrogens is 216 g/mol. The zero-order valence-electron chi connectivity index (χ0n) is 10.4. The lowest BCUT2D eigenvalue weighted by atomic mass is 10.2. The fourth-order valence-electron chi connectivity index (χ4n) is 1.63. The summed E-state index contributed by atoms with van der Waals surface area (Å²) < 4.78 is 0. The van der Waals surface area contributed by atoms with Gasteiger partial charge >= 0.3 is 0 Å². The Morgan fingerprint density at radius 1 is 1.53 bits per heavy atom. The van der Waals surface area contributed by atoms with Crippen LogP contribution in [0.4, 0.5) is 5.82 Å². The minimum absolute atomic E-state index is 0.180. The number of amides is 1. The molecule has 0 atom stereocenters. The number of hydrogen-bond acceptors (Lipinski definition) is 4. The van der Waals surface area contributed by atoms with Gasteiger partial charge in [-0.25, -0.2) is 4.98 Å². The monoisotopic (exact) mass is 236 g/mol. The van der Waals surface area contributed by atoms with Crippen molar-refractivity contribution in [2.45, 2.75) is 20.4 Å². The van der Waals surface area contributed by atoms with E-state index < -0.39 is 0 Å². The summed E-state index contributed by atoms with van der Waals surface area (Å²) in [6.45, 7) is 5.55. The fraction of sp³-hybridized carbons (Fsp3) is 0.500. The molecule has 0 aliphatic carbocycles. The molecule has 4 N–H and O–H groups in total. The van der Waals surface area contributed by atoms with Crippen LogP contribution in [0.3, 0.4) is 0 Å². The summed E-state index contributed by atoms with van der Waals surface area (Å²) in [7, 11) is 0. The lowest BCUT2D eigenvalue weighted by Gasteiger charge is -2.24. The van der Waals surface area contributed by atoms with Crippen LogP contribution in [0.25, 0.3) is 0 Å². The van der Waals surface area contributed by atoms with Crippen LogP contribution in [0.5, 0.6) is 0 Å². The number of carbonyl (C=O) groups excluding carboxylic acids is 1. The van der Waals surface area contributed by atoms with E-state index >= 15 is 0 Å². The van der Waals surface area contributed by atoms with Gasteiger partial charge < -0.3 is 16.4 Å². The number of hydrogen-bond donors (Lipinski definition) is 2. The van der Waals surface area contributed by atoms with E-state index in [2.05, 4.69) is 18.8 Å². The average molecular weight is 236 g/mol. The summed E-state index contributed by atoms with van der Waals surface area (Å²) >= 11 is 0. The van der Waals surface area contributed by atoms with Gasteiger partial charge in [-0.15, -0.1) is 0 Å². The number of nitrogens with two attached hydrogens (primary N) is 2. The van der Waals surface area contributed by atoms with Crippen LogP contribution >= 0.6 is 0 Å². The van der Waals surface area contributed by atoms with E-state index in [1.807, 2.05) is 17.0 Å². The number of anilines is 1. The quantitative estimate of drug-likeness (QED) is 0.752. The number of nitrogens with zero attached hydrogens (tertiary/aromatic N) is 2. The lowest BCUT2D eigenvalue weighted by Crippen LogP contribution is -2.36. The van der Waals surface area contributed by atoms with E-state index in [1.165, 1.54) is 0 Å². The first-order valence-electron chi connectivity index (χ1n) is 5.71. The molecular formula is C12H20N4O. The van der Waals surface area contributed by atoms with Gasteiger partial charge in [-0.05, 0) is 23.6 Å². The number of pyridine rings is 1. The van der Waals surface area contributed by atoms with Crippen LogP contribution in [0.2, 0.25) is 0 Å². The summed E-state index contributed by atoms with van der Waals surface area (Å²) in [5, 5.41) is 0. The molecule has 1 aromatic rings. The van der Waals surface area contributed by atoms with Crippen LogP contribution < -0.4 is 16.4 Å². The van der Waals surface area contributed by atoms with Crippen molar-refractivity contribution in [1.82, 2.24) is 4.98 Å². The molecule has 1 amide bonds. The van der Waals surface area contributed by atoms with E-state index in [1.54, 1.807) is 6.20 Å². The van der Waals surface area contributed by atoms with E-state index in [4.69, 9.17) is 11.5 Å². The van der Waals surface area contributed by atoms with Gasteiger partial charge in [0.15, 0.2) is 0 Å². The molecule has 1 aromatic heterocycles. The first kappa shape index (κ1) is 13.4. The molecule has 5 heteroatoms. The minimum Gasteiger partial charge on any atom is -0.368 e. The van der Waals surface area contributed by atoms with Gasteiger partial charge in [-0.3, -0.25) is 4.79 Å². The second kappa shape index (κ2) is 6.20. The average Bonchev–Trinajstić information content (AvgIpc) is 2.27. The van der Waals surface area contributed by atoms with Gasteiger partial charge in [-0.2, -0.15) is 0 Å². The Morgan fingerprint density at radius 2 is 2.24 bits per heavy atom. The normalized spacial score (nSPS) is 10.6. The molecule has 0 aromatic carbocycles. The van der Waals surface area contributed by atoms with Crippen LogP contribution in [-0.4, -0.2) is 24.0 Å². The third-order valence-electron chi connectivity index (χ3n) is 2.30. The number of rotatable bonds is 6. The third kappa shape index (κ3) is 4.40. The Kier molecular flexibility index (Phi) is 4.90. The molecule has 0 aliphatic heterocycles. The molecule has 1 rings (SSSR count). The summed E-state index contributed by atoms with van der Waals surface area (Å²) in [5.41, 5.74) is 11.8. The zero-order valence-corrected chi connectivity index (χ0v) is 10.4. The first-order chi connectivity index (χ1) is 8.02. The number of aromatic nitrogens is 1. The standard InChI is InChI=1S/C12H20N4O/c1-9(2)7-16(8-11(14)17)12-5-10(6-13)3-4-15-12/h3-5,9H,6-8,13H2,1-2H3,(H2,14,17). The maximum Gasteiger partial charge on any atom is 0.236 e. The first-order valence-corrected chi connectivity index (χ1v) is 5.71. The zero-order chi connectivity index (χ0) is 12.8. The van der Waals surface area contributed by atoms with Crippen molar-refractivity contribution in [3.05, 3.63) is 23.9 Å². The predicted molar refractivity (Wildman–Crippen MR) is 68.4 cm³/mol. The van der Waals surface area contributed by atoms with Crippen molar-refractivity contribution in [1.29, 1.82) is 0 Å². The summed E-state index contributed by atoms with van der Waals surface area (Å²) in [5.74, 6) is 0.823. The largest absolute Gasteiger partial charge is 0.368 e. The molecule has 0 spiro atoms. The predicted octanol–water partition coefficient (Wildman–Crippen LogP) is 0.488. The smallest absolute Gasteiger partial charge is 0.236 e. The van der Waals surface area contributed by atoms with E-state index in [0.29, 0.717) is 12.5 Å². The van der Waals surface area contributed by atoms with Gasteiger partial charge in [-0.1, -0.05) is 13.8 Å². The Balaban J connectivity index is 2.90. The molecule has 0 radical (unpaired) electrons. The Hall–Kier alpha value is -1.62. The molecule has 1 heterocycles. The maximum atomic E-state index is 11.0. The van der Waals surface area contributed by atoms with E-state index in [0.717, 1.165) is 17.9 Å². The van der Waals surface area contributed by atoms with Crippen molar-refractivity contribution < 1.29 is 4.79 Å². The highest BCUT2D eigenvalue weighted by Crippen LogP contribution is 2.14. The van der Waals surface area contributed by atoms with E-state index in [-0.39, 0.29) is 12.5 Å². The highest BCUT2D eigenvalue weighted by Gasteiger charge is 2.12. The summed E-state index contributed by atoms with van der Waals surface area (Å²) in [6.07, 6.45) is 1.70. The van der Waals surface area contributed by atoms with Gasteiger partial charge in [0.1, 0.15) is 5.82 Å². The Labute approximate surface area is 102 Å². The lowest BCUT2D eigenvalue weighted by molar-refractivity contribution is -0.116. The number of primary amides is 1. The molecule has 0 fully saturated rings. The van der Waals surface area contributed by atoms with Crippen LogP contribution in [0.15, 0.2) is 18.3 Å². The van der Waals surface area contributed by atoms with Gasteiger partial charge in [0.2, 0.25) is 5.91 Å². The maximum absolute atomic E-state index is 11.0. The molecule has 17 heavy (non-hydrogen) atoms. The highest BCUT2D eigenvalue weighted by atomic mass is 16.1. The third-order valence-corrected chi connectivity index (χ3v) is 2.30. The van der Waals surface area contributed by atoms with Gasteiger partial charge in [0.25, 0.3) is 0 Å². The van der Waals surface area contributed by atoms with Crippen LogP contribution in [-0.2, 0) is 11.3 Å². The van der Waals surface area contributed by atoms with Crippen LogP contribution in [0, 0.1) is 5.92 Å². The van der Waals surface area contributed by atoms with Gasteiger partial charge in [0, 0.05) is 19.3 Å². The van der Waals surface area contributed by atoms with Crippen molar-refractivity contribution in [2.75, 3.05) is 18.0 Å². The minimum atomic E-state index is -0.356. The van der Waals surface area contributed by atoms with Crippen molar-refractivity contribution in [3.63, 3.8) is 0 Å². The van der Waals surface area contributed by atoms with Crippen molar-refractivity contribution in [2.24, 2.45) is 17.4 Å². The van der Waals surface area contributed by atoms with Gasteiger partial charge in [0.05, 0.1) is 6.54 Å². The topological polar surface area (TPSA) is 85.2 Å². The molecule has 0 unspecified atom stereocenters. The molecule has 0 saturated heterocycles. The fourth-order valence-corrected chi connectivity index (χ4v) is 1.63. The number of carbonyl (C=O) groups is 1. The summed E-state index contributed by atoms with van der Waals surface area (Å²) in [6, 6.07) is 3.76. The molecule has 0 saturated carbocycles. The van der Waals surface area contributed by atoms with Crippen LogP contribution in [0.1, 0.15) is 19.4 Å².